The number of nitrogens with zero attached hydrogens (tertiary/aromatic N) is 1. The number of aromatic carboxylic acids is 1. The zero-order chi connectivity index (χ0) is 13.9. The summed E-state index contributed by atoms with van der Waals surface area (Å²) in [7, 11) is 0. The number of unbranched alkanes of at least 4 members (excludes halogenated alkanes) is 7. The molecule has 0 fully saturated rings. The second-order valence-corrected chi connectivity index (χ2v) is 5.05. The summed E-state index contributed by atoms with van der Waals surface area (Å²) in [6.45, 7) is 2.23. The molecule has 0 unspecified atom stereocenters. The van der Waals surface area contributed by atoms with Crippen molar-refractivity contribution < 1.29 is 39.5 Å². The number of carbonyl (C=O) groups excluding carboxylic acids is 1. The first-order chi connectivity index (χ1) is 9.24. The summed E-state index contributed by atoms with van der Waals surface area (Å²) in [4.78, 5) is 14.7. The van der Waals surface area contributed by atoms with E-state index in [0.717, 1.165) is 18.5 Å². The van der Waals surface area contributed by atoms with Crippen molar-refractivity contribution in [1.29, 1.82) is 0 Å². The zero-order valence-corrected chi connectivity index (χ0v) is 14.9. The molecular formula is C16H24NNaO2. The van der Waals surface area contributed by atoms with E-state index in [1.807, 2.05) is 0 Å². The van der Waals surface area contributed by atoms with Crippen LogP contribution in [0.1, 0.15) is 74.3 Å². The molecule has 0 aromatic carbocycles. The van der Waals surface area contributed by atoms with Gasteiger partial charge in [0, 0.05) is 17.5 Å². The Balaban J connectivity index is 0.00000361. The molecule has 0 N–H and O–H groups in total. The number of carboxylic acids is 1. The smallest absolute Gasteiger partial charge is 0.545 e. The molecular weight excluding hydrogens is 261 g/mol. The second-order valence-electron chi connectivity index (χ2n) is 5.05. The molecule has 4 heteroatoms. The molecule has 20 heavy (non-hydrogen) atoms. The number of carbonyl (C=O) groups is 1. The number of carboxylic acid groups (broad SMARTS) is 1. The SMILES string of the molecule is CCCCCCCCCCc1ccc(C(=O)[O-])cn1.[Na+]. The monoisotopic (exact) mass is 285 g/mol. The Bertz CT molecular complexity index is 365. The number of aryl methyl sites for hydroxylation is 1. The van der Waals surface area contributed by atoms with Crippen molar-refractivity contribution in [3.05, 3.63) is 29.6 Å². The predicted molar refractivity (Wildman–Crippen MR) is 74.9 cm³/mol. The summed E-state index contributed by atoms with van der Waals surface area (Å²) in [6.07, 6.45) is 12.7. The number of rotatable bonds is 10. The largest absolute Gasteiger partial charge is 1.00 e. The molecule has 1 rings (SSSR count). The first-order valence-corrected chi connectivity index (χ1v) is 7.40. The van der Waals surface area contributed by atoms with Gasteiger partial charge in [-0.25, -0.2) is 0 Å². The van der Waals surface area contributed by atoms with Crippen LogP contribution in [0.15, 0.2) is 18.3 Å². The van der Waals surface area contributed by atoms with Crippen molar-refractivity contribution in [2.75, 3.05) is 0 Å². The van der Waals surface area contributed by atoms with Gasteiger partial charge < -0.3 is 9.90 Å². The van der Waals surface area contributed by atoms with E-state index >= 15 is 0 Å². The van der Waals surface area contributed by atoms with Crippen molar-refractivity contribution >= 4 is 5.97 Å². The van der Waals surface area contributed by atoms with Gasteiger partial charge in [0.25, 0.3) is 0 Å². The van der Waals surface area contributed by atoms with Gasteiger partial charge in [-0.15, -0.1) is 0 Å². The number of pyridine rings is 1. The van der Waals surface area contributed by atoms with Gasteiger partial charge in [-0.05, 0) is 25.0 Å². The average Bonchev–Trinajstić information content (AvgIpc) is 2.42. The van der Waals surface area contributed by atoms with Gasteiger partial charge in [0.05, 0.1) is 5.97 Å². The molecule has 0 aliphatic heterocycles. The molecule has 0 spiro atoms. The molecule has 3 nitrogen and oxygen atoms in total. The third-order valence-electron chi connectivity index (χ3n) is 3.35. The maximum Gasteiger partial charge on any atom is 1.00 e. The minimum atomic E-state index is -1.16. The number of hydrogen-bond acceptors (Lipinski definition) is 3. The molecule has 0 saturated heterocycles. The van der Waals surface area contributed by atoms with Gasteiger partial charge in [0.1, 0.15) is 0 Å². The van der Waals surface area contributed by atoms with Gasteiger partial charge in [-0.1, -0.05) is 51.9 Å². The molecule has 106 valence electrons. The Labute approximate surface area is 144 Å². The van der Waals surface area contributed by atoms with Gasteiger partial charge in [-0.3, -0.25) is 4.98 Å². The third kappa shape index (κ3) is 8.72. The minimum absolute atomic E-state index is 0. The molecule has 0 radical (unpaired) electrons. The van der Waals surface area contributed by atoms with Crippen molar-refractivity contribution in [2.45, 2.75) is 64.7 Å². The van der Waals surface area contributed by atoms with Crippen molar-refractivity contribution in [3.63, 3.8) is 0 Å². The quantitative estimate of drug-likeness (QED) is 0.454. The Morgan fingerprint density at radius 1 is 1.05 bits per heavy atom. The summed E-state index contributed by atoms with van der Waals surface area (Å²) in [5, 5.41) is 10.6. The summed E-state index contributed by atoms with van der Waals surface area (Å²) in [5.41, 5.74) is 1.12. The average molecular weight is 285 g/mol. The fraction of sp³-hybridized carbons (Fsp3) is 0.625. The van der Waals surface area contributed by atoms with Crippen LogP contribution in [0.4, 0.5) is 0 Å². The topological polar surface area (TPSA) is 53.0 Å². The van der Waals surface area contributed by atoms with Gasteiger partial charge >= 0.3 is 29.6 Å². The van der Waals surface area contributed by atoms with Crippen LogP contribution in [0.3, 0.4) is 0 Å². The van der Waals surface area contributed by atoms with Gasteiger partial charge in [0.15, 0.2) is 0 Å². The second kappa shape index (κ2) is 12.4. The van der Waals surface area contributed by atoms with Crippen LogP contribution in [0.2, 0.25) is 0 Å². The fourth-order valence-corrected chi connectivity index (χ4v) is 2.13. The molecule has 0 atom stereocenters. The normalized spacial score (nSPS) is 10.1. The summed E-state index contributed by atoms with van der Waals surface area (Å²) in [5.74, 6) is -1.16. The maximum absolute atomic E-state index is 10.6. The molecule has 0 bridgehead atoms. The fourth-order valence-electron chi connectivity index (χ4n) is 2.13. The molecule has 1 heterocycles. The van der Waals surface area contributed by atoms with Gasteiger partial charge in [0.2, 0.25) is 0 Å². The Hall–Kier alpha value is -0.380. The predicted octanol–water partition coefficient (Wildman–Crippen LogP) is 0.132. The summed E-state index contributed by atoms with van der Waals surface area (Å²) in [6, 6.07) is 3.36. The van der Waals surface area contributed by atoms with E-state index in [9.17, 15) is 9.90 Å². The van der Waals surface area contributed by atoms with E-state index < -0.39 is 5.97 Å². The molecule has 0 aliphatic carbocycles. The van der Waals surface area contributed by atoms with E-state index in [-0.39, 0.29) is 35.1 Å². The molecule has 0 aliphatic rings. The summed E-state index contributed by atoms with van der Waals surface area (Å²) >= 11 is 0. The van der Waals surface area contributed by atoms with Crippen LogP contribution in [0.5, 0.6) is 0 Å². The zero-order valence-electron chi connectivity index (χ0n) is 12.9. The third-order valence-corrected chi connectivity index (χ3v) is 3.35. The van der Waals surface area contributed by atoms with Crippen LogP contribution in [-0.4, -0.2) is 11.0 Å². The first-order valence-electron chi connectivity index (χ1n) is 7.40. The van der Waals surface area contributed by atoms with Crippen LogP contribution < -0.4 is 34.7 Å². The van der Waals surface area contributed by atoms with Crippen LogP contribution in [-0.2, 0) is 6.42 Å². The van der Waals surface area contributed by atoms with E-state index in [0.29, 0.717) is 0 Å². The molecule has 1 aromatic rings. The Morgan fingerprint density at radius 3 is 2.15 bits per heavy atom. The van der Waals surface area contributed by atoms with Crippen LogP contribution >= 0.6 is 0 Å². The van der Waals surface area contributed by atoms with Gasteiger partial charge in [-0.2, -0.15) is 0 Å². The van der Waals surface area contributed by atoms with E-state index in [2.05, 4.69) is 11.9 Å². The van der Waals surface area contributed by atoms with Crippen molar-refractivity contribution in [3.8, 4) is 0 Å². The maximum atomic E-state index is 10.6. The van der Waals surface area contributed by atoms with Crippen molar-refractivity contribution in [2.24, 2.45) is 0 Å². The molecule has 0 amide bonds. The van der Waals surface area contributed by atoms with Crippen molar-refractivity contribution in [1.82, 2.24) is 4.98 Å². The summed E-state index contributed by atoms with van der Waals surface area (Å²) < 4.78 is 0. The van der Waals surface area contributed by atoms with Crippen LogP contribution in [0.25, 0.3) is 0 Å². The standard InChI is InChI=1S/C16H25NO2.Na/c1-2-3-4-5-6-7-8-9-10-15-12-11-14(13-17-15)16(18)19;/h11-13H,2-10H2,1H3,(H,18,19);/q;+1/p-1. The minimum Gasteiger partial charge on any atom is -0.545 e. The molecule has 0 saturated carbocycles. The molecule has 1 aromatic heterocycles. The number of hydrogen-bond donors (Lipinski definition) is 0. The Morgan fingerprint density at radius 2 is 1.65 bits per heavy atom. The first kappa shape index (κ1) is 19.6. The van der Waals surface area contributed by atoms with E-state index in [4.69, 9.17) is 0 Å². The van der Waals surface area contributed by atoms with E-state index in [1.54, 1.807) is 12.1 Å². The van der Waals surface area contributed by atoms with Crippen LogP contribution in [0, 0.1) is 0 Å². The Kier molecular flexibility index (Phi) is 12.1. The van der Waals surface area contributed by atoms with E-state index in [1.165, 1.54) is 51.1 Å². The number of aromatic nitrogens is 1.